The molecule has 236 valence electrons. The van der Waals surface area contributed by atoms with Crippen molar-refractivity contribution < 1.29 is 64.6 Å². The van der Waals surface area contributed by atoms with Gasteiger partial charge in [-0.1, -0.05) is 18.2 Å². The van der Waals surface area contributed by atoms with Crippen molar-refractivity contribution in [3.05, 3.63) is 53.1 Å². The molecule has 0 radical (unpaired) electrons. The number of hydrogen-bond donors (Lipinski definition) is 8. The number of phenols is 2. The highest BCUT2D eigenvalue weighted by Gasteiger charge is 2.50. The first-order chi connectivity index (χ1) is 20.4. The van der Waals surface area contributed by atoms with Crippen LogP contribution in [0.5, 0.6) is 17.2 Å². The van der Waals surface area contributed by atoms with Gasteiger partial charge in [-0.05, 0) is 42.2 Å². The maximum absolute atomic E-state index is 12.7. The molecule has 2 aromatic carbocycles. The Hall–Kier alpha value is -3.05. The lowest BCUT2D eigenvalue weighted by molar-refractivity contribution is -0.289. The third-order valence-corrected chi connectivity index (χ3v) is 8.27. The van der Waals surface area contributed by atoms with Crippen LogP contribution in [-0.2, 0) is 31.8 Å². The van der Waals surface area contributed by atoms with Crippen LogP contribution in [0.1, 0.15) is 29.7 Å². The SMILES string of the molecule is CC(=O)N1CCc2ccc(O)c(O[C@H]3O[C@@H](CO[C@@H]4OC[C@](O)(CO)[C@@H]4O)[C@H](O)[C@@H](O)[C@@H]3O)c2[C@@H]1Cc1ccc(O)cc1. The molecule has 43 heavy (non-hydrogen) atoms. The van der Waals surface area contributed by atoms with E-state index >= 15 is 0 Å². The largest absolute Gasteiger partial charge is 0.508 e. The molecule has 3 heterocycles. The van der Waals surface area contributed by atoms with Gasteiger partial charge in [0.1, 0.15) is 41.9 Å². The zero-order chi connectivity index (χ0) is 31.1. The van der Waals surface area contributed by atoms with Crippen molar-refractivity contribution in [3.63, 3.8) is 0 Å². The first-order valence-electron chi connectivity index (χ1n) is 13.9. The van der Waals surface area contributed by atoms with Crippen LogP contribution in [0.25, 0.3) is 0 Å². The molecular formula is C29H37NO13. The Balaban J connectivity index is 1.40. The van der Waals surface area contributed by atoms with Crippen LogP contribution in [-0.4, -0.2) is 127 Å². The molecule has 0 aliphatic carbocycles. The predicted molar refractivity (Wildman–Crippen MR) is 145 cm³/mol. The standard InChI is InChI=1S/C29H37NO13/c1-14(32)30-9-8-16-4-7-19(34)25(21(16)18(30)10-15-2-5-17(33)6-3-15)43-27-24(37)23(36)22(35)20(42-27)11-40-28-26(38)29(39,12-31)13-41-28/h2-7,18,20,22-24,26-28,31,33-39H,8-13H2,1H3/t18-,20-,22-,23+,24-,26+,27+,28+,29+/m0/s1. The third-order valence-electron chi connectivity index (χ3n) is 8.27. The Bertz CT molecular complexity index is 1290. The topological polar surface area (TPSA) is 219 Å². The summed E-state index contributed by atoms with van der Waals surface area (Å²) in [5, 5.41) is 82.4. The van der Waals surface area contributed by atoms with Crippen molar-refractivity contribution in [1.29, 1.82) is 0 Å². The highest BCUT2D eigenvalue weighted by atomic mass is 16.7. The number of nitrogens with zero attached hydrogens (tertiary/aromatic N) is 1. The van der Waals surface area contributed by atoms with Crippen molar-refractivity contribution in [2.75, 3.05) is 26.4 Å². The lowest BCUT2D eigenvalue weighted by Crippen LogP contribution is -2.60. The Kier molecular flexibility index (Phi) is 9.13. The molecule has 14 heteroatoms. The van der Waals surface area contributed by atoms with Gasteiger partial charge in [0.05, 0.1) is 25.9 Å². The lowest BCUT2D eigenvalue weighted by atomic mass is 9.87. The van der Waals surface area contributed by atoms with E-state index in [0.29, 0.717) is 24.9 Å². The number of benzene rings is 2. The Morgan fingerprint density at radius 3 is 2.40 bits per heavy atom. The van der Waals surface area contributed by atoms with Crippen LogP contribution in [0, 0.1) is 0 Å². The molecule has 8 N–H and O–H groups in total. The number of aliphatic hydroxyl groups excluding tert-OH is 5. The van der Waals surface area contributed by atoms with Gasteiger partial charge in [-0.2, -0.15) is 0 Å². The third kappa shape index (κ3) is 6.16. The van der Waals surface area contributed by atoms with Crippen molar-refractivity contribution in [2.45, 2.75) is 74.5 Å². The number of fused-ring (bicyclic) bond motifs is 1. The second-order valence-electron chi connectivity index (χ2n) is 11.2. The van der Waals surface area contributed by atoms with Gasteiger partial charge in [0, 0.05) is 19.0 Å². The van der Waals surface area contributed by atoms with Crippen LogP contribution in [0.15, 0.2) is 36.4 Å². The fourth-order valence-electron chi connectivity index (χ4n) is 5.73. The van der Waals surface area contributed by atoms with Gasteiger partial charge in [0.25, 0.3) is 0 Å². The van der Waals surface area contributed by atoms with E-state index in [2.05, 4.69) is 0 Å². The van der Waals surface area contributed by atoms with E-state index in [1.54, 1.807) is 23.1 Å². The number of rotatable bonds is 8. The summed E-state index contributed by atoms with van der Waals surface area (Å²) in [7, 11) is 0. The summed E-state index contributed by atoms with van der Waals surface area (Å²) in [6.07, 6.45) is -10.3. The number of hydrogen-bond acceptors (Lipinski definition) is 13. The average molecular weight is 608 g/mol. The number of aliphatic hydroxyl groups is 6. The molecule has 0 aromatic heterocycles. The maximum Gasteiger partial charge on any atom is 0.229 e. The molecule has 2 fully saturated rings. The molecular weight excluding hydrogens is 570 g/mol. The molecule has 3 aliphatic rings. The summed E-state index contributed by atoms with van der Waals surface area (Å²) in [4.78, 5) is 14.3. The fraction of sp³-hybridized carbons (Fsp3) is 0.552. The Morgan fingerprint density at radius 2 is 1.74 bits per heavy atom. The number of amides is 1. The van der Waals surface area contributed by atoms with E-state index in [9.17, 15) is 45.6 Å². The number of ether oxygens (including phenoxy) is 4. The summed E-state index contributed by atoms with van der Waals surface area (Å²) >= 11 is 0. The van der Waals surface area contributed by atoms with E-state index in [4.69, 9.17) is 18.9 Å². The van der Waals surface area contributed by atoms with E-state index in [0.717, 1.165) is 11.1 Å². The first-order valence-corrected chi connectivity index (χ1v) is 13.9. The molecule has 3 aliphatic heterocycles. The highest BCUT2D eigenvalue weighted by Crippen LogP contribution is 2.44. The van der Waals surface area contributed by atoms with Gasteiger partial charge in [0.15, 0.2) is 17.8 Å². The number of aromatic hydroxyl groups is 2. The quantitative estimate of drug-likeness (QED) is 0.170. The molecule has 0 spiro atoms. The summed E-state index contributed by atoms with van der Waals surface area (Å²) in [6.45, 7) is 0.173. The van der Waals surface area contributed by atoms with Gasteiger partial charge in [0.2, 0.25) is 12.2 Å². The minimum Gasteiger partial charge on any atom is -0.508 e. The Labute approximate surface area is 246 Å². The summed E-state index contributed by atoms with van der Waals surface area (Å²) in [5.41, 5.74) is 0.116. The van der Waals surface area contributed by atoms with Crippen LogP contribution >= 0.6 is 0 Å². The van der Waals surface area contributed by atoms with E-state index in [1.165, 1.54) is 25.1 Å². The maximum atomic E-state index is 12.7. The van der Waals surface area contributed by atoms with Crippen LogP contribution in [0.4, 0.5) is 0 Å². The molecule has 1 amide bonds. The highest BCUT2D eigenvalue weighted by molar-refractivity contribution is 5.75. The zero-order valence-corrected chi connectivity index (χ0v) is 23.4. The second-order valence-corrected chi connectivity index (χ2v) is 11.2. The van der Waals surface area contributed by atoms with E-state index < -0.39 is 74.6 Å². The number of carbonyl (C=O) groups excluding carboxylic acids is 1. The van der Waals surface area contributed by atoms with Crippen LogP contribution in [0.2, 0.25) is 0 Å². The van der Waals surface area contributed by atoms with Gasteiger partial charge in [-0.25, -0.2) is 0 Å². The van der Waals surface area contributed by atoms with Gasteiger partial charge < -0.3 is 64.7 Å². The summed E-state index contributed by atoms with van der Waals surface area (Å²) < 4.78 is 22.5. The minimum atomic E-state index is -1.94. The monoisotopic (exact) mass is 607 g/mol. The number of phenolic OH excluding ortho intramolecular Hbond substituents is 2. The molecule has 0 unspecified atom stereocenters. The van der Waals surface area contributed by atoms with Crippen LogP contribution in [0.3, 0.4) is 0 Å². The van der Waals surface area contributed by atoms with Crippen molar-refractivity contribution in [3.8, 4) is 17.2 Å². The summed E-state index contributed by atoms with van der Waals surface area (Å²) in [5.74, 6) is -0.520. The number of carbonyl (C=O) groups is 1. The molecule has 2 saturated heterocycles. The molecule has 0 bridgehead atoms. The summed E-state index contributed by atoms with van der Waals surface area (Å²) in [6, 6.07) is 9.01. The zero-order valence-electron chi connectivity index (χ0n) is 23.4. The minimum absolute atomic E-state index is 0.0814. The fourth-order valence-corrected chi connectivity index (χ4v) is 5.73. The van der Waals surface area contributed by atoms with Crippen molar-refractivity contribution >= 4 is 5.91 Å². The molecule has 2 aromatic rings. The molecule has 14 nitrogen and oxygen atoms in total. The lowest BCUT2D eigenvalue weighted by Gasteiger charge is -2.42. The van der Waals surface area contributed by atoms with Crippen molar-refractivity contribution in [2.24, 2.45) is 0 Å². The average Bonchev–Trinajstić information content (AvgIpc) is 3.28. The predicted octanol–water partition coefficient (Wildman–Crippen LogP) is -1.57. The van der Waals surface area contributed by atoms with Crippen molar-refractivity contribution in [1.82, 2.24) is 4.90 Å². The van der Waals surface area contributed by atoms with E-state index in [1.807, 2.05) is 0 Å². The van der Waals surface area contributed by atoms with E-state index in [-0.39, 0.29) is 23.2 Å². The van der Waals surface area contributed by atoms with Gasteiger partial charge in [-0.15, -0.1) is 0 Å². The smallest absolute Gasteiger partial charge is 0.229 e. The van der Waals surface area contributed by atoms with Gasteiger partial charge in [-0.3, -0.25) is 4.79 Å². The normalized spacial score (nSPS) is 34.2. The Morgan fingerprint density at radius 1 is 1.02 bits per heavy atom. The molecule has 0 saturated carbocycles. The molecule has 5 rings (SSSR count). The first kappa shape index (κ1) is 31.4. The van der Waals surface area contributed by atoms with Crippen LogP contribution < -0.4 is 4.74 Å². The second kappa shape index (κ2) is 12.5. The molecule has 9 atom stereocenters. The van der Waals surface area contributed by atoms with Gasteiger partial charge >= 0.3 is 0 Å².